The van der Waals surface area contributed by atoms with Crippen LogP contribution in [0, 0.1) is 11.3 Å². The number of carbonyl (C=O) groups is 1. The first-order chi connectivity index (χ1) is 8.29. The SMILES string of the molecule is CSc1ccccc1C(=O)NCCCCC#N. The minimum atomic E-state index is -0.0353. The van der Waals surface area contributed by atoms with E-state index in [1.807, 2.05) is 30.5 Å². The van der Waals surface area contributed by atoms with E-state index >= 15 is 0 Å². The van der Waals surface area contributed by atoms with Gasteiger partial charge in [-0.25, -0.2) is 0 Å². The highest BCUT2D eigenvalue weighted by Gasteiger charge is 2.08. The predicted molar refractivity (Wildman–Crippen MR) is 70.0 cm³/mol. The Morgan fingerprint density at radius 2 is 2.18 bits per heavy atom. The van der Waals surface area contributed by atoms with Crippen LogP contribution >= 0.6 is 11.8 Å². The van der Waals surface area contributed by atoms with Crippen molar-refractivity contribution in [1.82, 2.24) is 5.32 Å². The molecule has 0 aliphatic rings. The van der Waals surface area contributed by atoms with Crippen LogP contribution in [0.4, 0.5) is 0 Å². The first-order valence-electron chi connectivity index (χ1n) is 5.57. The zero-order valence-corrected chi connectivity index (χ0v) is 10.7. The maximum atomic E-state index is 11.9. The Kier molecular flexibility index (Phi) is 6.19. The molecule has 0 heterocycles. The average Bonchev–Trinajstić information content (AvgIpc) is 2.38. The van der Waals surface area contributed by atoms with Gasteiger partial charge >= 0.3 is 0 Å². The van der Waals surface area contributed by atoms with Crippen molar-refractivity contribution in [3.05, 3.63) is 29.8 Å². The van der Waals surface area contributed by atoms with E-state index in [1.54, 1.807) is 11.8 Å². The topological polar surface area (TPSA) is 52.9 Å². The number of carbonyl (C=O) groups excluding carboxylic acids is 1. The Balaban J connectivity index is 2.44. The molecule has 1 amide bonds. The zero-order valence-electron chi connectivity index (χ0n) is 9.90. The normalized spacial score (nSPS) is 9.65. The lowest BCUT2D eigenvalue weighted by molar-refractivity contribution is 0.0950. The highest BCUT2D eigenvalue weighted by atomic mass is 32.2. The third-order valence-electron chi connectivity index (χ3n) is 2.35. The number of hydrogen-bond donors (Lipinski definition) is 1. The Bertz CT molecular complexity index is 412. The summed E-state index contributed by atoms with van der Waals surface area (Å²) < 4.78 is 0. The highest BCUT2D eigenvalue weighted by Crippen LogP contribution is 2.19. The molecule has 1 N–H and O–H groups in total. The standard InChI is InChI=1S/C13H16N2OS/c1-17-12-8-4-3-7-11(12)13(16)15-10-6-2-5-9-14/h3-4,7-8H,2,5-6,10H2,1H3,(H,15,16). The molecular formula is C13H16N2OS. The van der Waals surface area contributed by atoms with Crippen LogP contribution in [-0.4, -0.2) is 18.7 Å². The number of nitriles is 1. The summed E-state index contributed by atoms with van der Waals surface area (Å²) in [7, 11) is 0. The Labute approximate surface area is 106 Å². The monoisotopic (exact) mass is 248 g/mol. The second kappa shape index (κ2) is 7.75. The third-order valence-corrected chi connectivity index (χ3v) is 3.15. The van der Waals surface area contributed by atoms with Crippen LogP contribution in [0.15, 0.2) is 29.2 Å². The van der Waals surface area contributed by atoms with E-state index in [-0.39, 0.29) is 5.91 Å². The van der Waals surface area contributed by atoms with Crippen molar-refractivity contribution < 1.29 is 4.79 Å². The van der Waals surface area contributed by atoms with Gasteiger partial charge in [0.25, 0.3) is 5.91 Å². The lowest BCUT2D eigenvalue weighted by atomic mass is 10.2. The lowest BCUT2D eigenvalue weighted by Crippen LogP contribution is -2.24. The van der Waals surface area contributed by atoms with E-state index in [0.29, 0.717) is 13.0 Å². The number of hydrogen-bond acceptors (Lipinski definition) is 3. The van der Waals surface area contributed by atoms with Gasteiger partial charge in [0.1, 0.15) is 0 Å². The summed E-state index contributed by atoms with van der Waals surface area (Å²) in [5, 5.41) is 11.3. The van der Waals surface area contributed by atoms with Crippen molar-refractivity contribution in [2.24, 2.45) is 0 Å². The maximum absolute atomic E-state index is 11.9. The molecule has 0 saturated heterocycles. The molecule has 1 aromatic rings. The number of nitrogens with one attached hydrogen (secondary N) is 1. The van der Waals surface area contributed by atoms with E-state index < -0.39 is 0 Å². The molecule has 0 saturated carbocycles. The smallest absolute Gasteiger partial charge is 0.252 e. The quantitative estimate of drug-likeness (QED) is 0.622. The molecular weight excluding hydrogens is 232 g/mol. The van der Waals surface area contributed by atoms with Crippen molar-refractivity contribution in [1.29, 1.82) is 5.26 Å². The first kappa shape index (κ1) is 13.6. The van der Waals surface area contributed by atoms with Gasteiger partial charge in [-0.15, -0.1) is 11.8 Å². The van der Waals surface area contributed by atoms with Gasteiger partial charge in [-0.3, -0.25) is 4.79 Å². The van der Waals surface area contributed by atoms with Crippen LogP contribution in [0.1, 0.15) is 29.6 Å². The van der Waals surface area contributed by atoms with Gasteiger partial charge in [-0.1, -0.05) is 12.1 Å². The summed E-state index contributed by atoms with van der Waals surface area (Å²) in [5.74, 6) is -0.0353. The lowest BCUT2D eigenvalue weighted by Gasteiger charge is -2.07. The number of benzene rings is 1. The fourth-order valence-electron chi connectivity index (χ4n) is 1.46. The summed E-state index contributed by atoms with van der Waals surface area (Å²) in [6, 6.07) is 9.65. The van der Waals surface area contributed by atoms with Crippen molar-refractivity contribution in [2.75, 3.05) is 12.8 Å². The number of unbranched alkanes of at least 4 members (excludes halogenated alkanes) is 2. The third kappa shape index (κ3) is 4.49. The van der Waals surface area contributed by atoms with Gasteiger partial charge in [0, 0.05) is 17.9 Å². The van der Waals surface area contributed by atoms with Crippen LogP contribution < -0.4 is 5.32 Å². The average molecular weight is 248 g/mol. The molecule has 1 rings (SSSR count). The summed E-state index contributed by atoms with van der Waals surface area (Å²) in [6.45, 7) is 0.628. The zero-order chi connectivity index (χ0) is 12.5. The van der Waals surface area contributed by atoms with Gasteiger partial charge in [0.2, 0.25) is 0 Å². The molecule has 90 valence electrons. The molecule has 0 fully saturated rings. The van der Waals surface area contributed by atoms with Crippen LogP contribution in [0.25, 0.3) is 0 Å². The predicted octanol–water partition coefficient (Wildman–Crippen LogP) is 2.83. The molecule has 0 aromatic heterocycles. The molecule has 1 aromatic carbocycles. The summed E-state index contributed by atoms with van der Waals surface area (Å²) >= 11 is 1.57. The molecule has 0 radical (unpaired) electrons. The van der Waals surface area contributed by atoms with E-state index in [9.17, 15) is 4.79 Å². The van der Waals surface area contributed by atoms with Crippen LogP contribution in [0.3, 0.4) is 0 Å². The van der Waals surface area contributed by atoms with Gasteiger partial charge < -0.3 is 5.32 Å². The summed E-state index contributed by atoms with van der Waals surface area (Å²) in [5.41, 5.74) is 0.722. The molecule has 0 unspecified atom stereocenters. The molecule has 0 bridgehead atoms. The van der Waals surface area contributed by atoms with Gasteiger partial charge in [0.05, 0.1) is 11.6 Å². The van der Waals surface area contributed by atoms with Crippen molar-refractivity contribution in [3.63, 3.8) is 0 Å². The Morgan fingerprint density at radius 1 is 1.41 bits per heavy atom. The Hall–Kier alpha value is -1.47. The largest absolute Gasteiger partial charge is 0.352 e. The molecule has 0 aliphatic carbocycles. The molecule has 4 heteroatoms. The summed E-state index contributed by atoms with van der Waals surface area (Å²) in [4.78, 5) is 12.9. The van der Waals surface area contributed by atoms with Crippen LogP contribution in [0.2, 0.25) is 0 Å². The molecule has 0 spiro atoms. The van der Waals surface area contributed by atoms with Crippen LogP contribution in [0.5, 0.6) is 0 Å². The van der Waals surface area contributed by atoms with Gasteiger partial charge in [-0.05, 0) is 31.2 Å². The first-order valence-corrected chi connectivity index (χ1v) is 6.80. The van der Waals surface area contributed by atoms with Crippen molar-refractivity contribution in [2.45, 2.75) is 24.2 Å². The molecule has 0 atom stereocenters. The van der Waals surface area contributed by atoms with Crippen LogP contribution in [-0.2, 0) is 0 Å². The Morgan fingerprint density at radius 3 is 2.88 bits per heavy atom. The summed E-state index contributed by atoms with van der Waals surface area (Å²) in [6.07, 6.45) is 4.19. The number of amides is 1. The van der Waals surface area contributed by atoms with E-state index in [2.05, 4.69) is 11.4 Å². The van der Waals surface area contributed by atoms with Gasteiger partial charge in [-0.2, -0.15) is 5.26 Å². The fourth-order valence-corrected chi connectivity index (χ4v) is 2.05. The second-order valence-electron chi connectivity index (χ2n) is 3.57. The number of rotatable bonds is 6. The second-order valence-corrected chi connectivity index (χ2v) is 4.42. The highest BCUT2D eigenvalue weighted by molar-refractivity contribution is 7.98. The van der Waals surface area contributed by atoms with Gasteiger partial charge in [0.15, 0.2) is 0 Å². The fraction of sp³-hybridized carbons (Fsp3) is 0.385. The molecule has 0 aliphatic heterocycles. The minimum Gasteiger partial charge on any atom is -0.352 e. The minimum absolute atomic E-state index is 0.0353. The van der Waals surface area contributed by atoms with E-state index in [4.69, 9.17) is 5.26 Å². The molecule has 3 nitrogen and oxygen atoms in total. The van der Waals surface area contributed by atoms with Crippen molar-refractivity contribution >= 4 is 17.7 Å². The van der Waals surface area contributed by atoms with Crippen molar-refractivity contribution in [3.8, 4) is 6.07 Å². The molecule has 17 heavy (non-hydrogen) atoms. The maximum Gasteiger partial charge on any atom is 0.252 e. The number of nitrogens with zero attached hydrogens (tertiary/aromatic N) is 1. The number of thioether (sulfide) groups is 1. The van der Waals surface area contributed by atoms with E-state index in [0.717, 1.165) is 23.3 Å². The van der Waals surface area contributed by atoms with E-state index in [1.165, 1.54) is 0 Å².